The molecule has 1 aliphatic carbocycles. The van der Waals surface area contributed by atoms with Crippen molar-refractivity contribution in [3.63, 3.8) is 0 Å². The highest BCUT2D eigenvalue weighted by molar-refractivity contribution is 5.91. The van der Waals surface area contributed by atoms with Crippen LogP contribution in [0.25, 0.3) is 0 Å². The van der Waals surface area contributed by atoms with Crippen molar-refractivity contribution in [2.75, 3.05) is 0 Å². The van der Waals surface area contributed by atoms with Crippen molar-refractivity contribution in [2.45, 2.75) is 123 Å². The molecule has 4 heterocycles. The first-order valence-corrected chi connectivity index (χ1v) is 14.5. The van der Waals surface area contributed by atoms with Gasteiger partial charge in [-0.25, -0.2) is 9.78 Å². The minimum atomic E-state index is -1.18. The largest absolute Gasteiger partial charge is 0.480 e. The third-order valence-corrected chi connectivity index (χ3v) is 8.99. The van der Waals surface area contributed by atoms with Crippen molar-refractivity contribution >= 4 is 23.8 Å². The first-order valence-electron chi connectivity index (χ1n) is 14.5. The Morgan fingerprint density at radius 1 is 1.00 bits per heavy atom. The third kappa shape index (κ3) is 6.14. The number of ether oxygens (including phenoxy) is 3. The fourth-order valence-electron chi connectivity index (χ4n) is 6.76. The van der Waals surface area contributed by atoms with E-state index >= 15 is 0 Å². The summed E-state index contributed by atoms with van der Waals surface area (Å²) in [4.78, 5) is 61.0. The molecule has 2 bridgehead atoms. The molecule has 0 unspecified atom stereocenters. The van der Waals surface area contributed by atoms with Crippen LogP contribution in [0.2, 0.25) is 0 Å². The van der Waals surface area contributed by atoms with Gasteiger partial charge in [-0.3, -0.25) is 19.2 Å². The van der Waals surface area contributed by atoms with Crippen LogP contribution in [0.5, 0.6) is 0 Å². The molecule has 0 radical (unpaired) electrons. The standard InChI is InChI=1S/C28H44N2O10/c1-14(2)13-20(23(33)29-17(5)24(34)35)30-21(31)9-10-22(32)36-25-16(4)19-8-7-15(3)18-11-12-27(6)38-26(37-25)28(18,19)40-39-27/h14-20,25-26H,7-13H2,1-6H3,(H,29,33)(H,30,31)(H,34,35)/t15-,16-,17+,18+,19-,20+,25-,26+,27-,28-/m1/s1. The van der Waals surface area contributed by atoms with Gasteiger partial charge >= 0.3 is 11.9 Å². The van der Waals surface area contributed by atoms with Crippen molar-refractivity contribution in [2.24, 2.45) is 29.6 Å². The summed E-state index contributed by atoms with van der Waals surface area (Å²) < 4.78 is 18.3. The number of hydrogen-bond acceptors (Lipinski definition) is 9. The SMILES string of the molecule is CC(C)C[C@H](NC(=O)CCC(=O)O[C@@H]1O[C@H]2O[C@@]3(C)CC[C@H]4[C@H](C)CC[C@H]([C@H]1C)[C@@]24OO3)C(=O)N[C@@H](C)C(=O)O. The van der Waals surface area contributed by atoms with Crippen LogP contribution in [0.3, 0.4) is 0 Å². The number of fused-ring (bicyclic) bond motifs is 2. The average Bonchev–Trinajstić information content (AvgIpc) is 3.10. The number of rotatable bonds is 10. The lowest BCUT2D eigenvalue weighted by molar-refractivity contribution is -0.576. The molecule has 4 saturated heterocycles. The Kier molecular flexibility index (Phi) is 9.13. The summed E-state index contributed by atoms with van der Waals surface area (Å²) in [6, 6.07) is -2.02. The van der Waals surface area contributed by atoms with E-state index in [1.165, 1.54) is 6.92 Å². The number of carboxylic acid groups (broad SMARTS) is 1. The molecule has 10 atom stereocenters. The molecule has 0 aromatic rings. The molecule has 2 amide bonds. The van der Waals surface area contributed by atoms with Crippen LogP contribution in [0.1, 0.15) is 86.5 Å². The van der Waals surface area contributed by atoms with E-state index in [-0.39, 0.29) is 36.5 Å². The minimum absolute atomic E-state index is 0.000281. The lowest BCUT2D eigenvalue weighted by Gasteiger charge is -2.59. The molecule has 1 saturated carbocycles. The summed E-state index contributed by atoms with van der Waals surface area (Å²) in [5.41, 5.74) is -0.764. The Morgan fingerprint density at radius 3 is 2.40 bits per heavy atom. The molecule has 4 aliphatic heterocycles. The van der Waals surface area contributed by atoms with Gasteiger partial charge in [0.05, 0.1) is 6.42 Å². The van der Waals surface area contributed by atoms with Crippen LogP contribution in [0, 0.1) is 29.6 Å². The van der Waals surface area contributed by atoms with Crippen molar-refractivity contribution in [1.29, 1.82) is 0 Å². The molecule has 5 fully saturated rings. The van der Waals surface area contributed by atoms with Gasteiger partial charge in [-0.2, -0.15) is 0 Å². The van der Waals surface area contributed by atoms with Crippen LogP contribution >= 0.6 is 0 Å². The number of amides is 2. The molecular weight excluding hydrogens is 524 g/mol. The summed E-state index contributed by atoms with van der Waals surface area (Å²) in [7, 11) is 0. The number of aliphatic carboxylic acids is 1. The zero-order chi connectivity index (χ0) is 29.4. The van der Waals surface area contributed by atoms with Gasteiger partial charge in [-0.15, -0.1) is 0 Å². The smallest absolute Gasteiger partial charge is 0.325 e. The monoisotopic (exact) mass is 568 g/mol. The highest BCUT2D eigenvalue weighted by atomic mass is 17.3. The second-order valence-corrected chi connectivity index (χ2v) is 12.6. The van der Waals surface area contributed by atoms with Crippen LogP contribution in [-0.4, -0.2) is 64.9 Å². The van der Waals surface area contributed by atoms with Gasteiger partial charge in [0, 0.05) is 24.7 Å². The van der Waals surface area contributed by atoms with Crippen LogP contribution in [0.15, 0.2) is 0 Å². The molecular formula is C28H44N2O10. The minimum Gasteiger partial charge on any atom is -0.480 e. The van der Waals surface area contributed by atoms with E-state index < -0.39 is 59.8 Å². The summed E-state index contributed by atoms with van der Waals surface area (Å²) in [6.45, 7) is 11.1. The highest BCUT2D eigenvalue weighted by Crippen LogP contribution is 2.60. The van der Waals surface area contributed by atoms with Crippen molar-refractivity contribution in [3.8, 4) is 0 Å². The van der Waals surface area contributed by atoms with Crippen molar-refractivity contribution in [3.05, 3.63) is 0 Å². The average molecular weight is 569 g/mol. The Morgan fingerprint density at radius 2 is 1.73 bits per heavy atom. The van der Waals surface area contributed by atoms with Crippen LogP contribution in [0.4, 0.5) is 0 Å². The van der Waals surface area contributed by atoms with E-state index in [4.69, 9.17) is 29.1 Å². The first-order chi connectivity index (χ1) is 18.8. The van der Waals surface area contributed by atoms with Crippen molar-refractivity contribution < 1.29 is 48.3 Å². The molecule has 12 heteroatoms. The Balaban J connectivity index is 1.35. The van der Waals surface area contributed by atoms with E-state index in [0.29, 0.717) is 18.8 Å². The van der Waals surface area contributed by atoms with E-state index in [1.54, 1.807) is 0 Å². The van der Waals surface area contributed by atoms with Gasteiger partial charge in [-0.1, -0.05) is 27.7 Å². The Hall–Kier alpha value is -2.28. The van der Waals surface area contributed by atoms with Crippen LogP contribution < -0.4 is 10.6 Å². The number of hydrogen-bond donors (Lipinski definition) is 3. The third-order valence-electron chi connectivity index (χ3n) is 8.99. The summed E-state index contributed by atoms with van der Waals surface area (Å²) in [5, 5.41) is 14.1. The lowest BCUT2D eigenvalue weighted by atomic mass is 9.58. The maximum atomic E-state index is 12.8. The highest BCUT2D eigenvalue weighted by Gasteiger charge is 2.69. The molecule has 1 spiro atoms. The van der Waals surface area contributed by atoms with Gasteiger partial charge in [0.1, 0.15) is 12.1 Å². The molecule has 0 aromatic carbocycles. The fraction of sp³-hybridized carbons (Fsp3) is 0.857. The Labute approximate surface area is 235 Å². The second kappa shape index (κ2) is 11.9. The van der Waals surface area contributed by atoms with Gasteiger partial charge in [0.25, 0.3) is 0 Å². The normalized spacial score (nSPS) is 38.0. The molecule has 40 heavy (non-hydrogen) atoms. The molecule has 3 N–H and O–H groups in total. The number of carbonyl (C=O) groups excluding carboxylic acids is 3. The Bertz CT molecular complexity index is 990. The zero-order valence-electron chi connectivity index (χ0n) is 24.3. The quantitative estimate of drug-likeness (QED) is 0.264. The van der Waals surface area contributed by atoms with E-state index in [9.17, 15) is 19.2 Å². The first kappa shape index (κ1) is 30.7. The van der Waals surface area contributed by atoms with Gasteiger partial charge in [-0.05, 0) is 57.3 Å². The molecule has 0 aromatic heterocycles. The summed E-state index contributed by atoms with van der Waals surface area (Å²) in [6.07, 6.45) is 1.75. The summed E-state index contributed by atoms with van der Waals surface area (Å²) >= 11 is 0. The molecule has 5 rings (SSSR count). The number of esters is 1. The van der Waals surface area contributed by atoms with E-state index in [1.807, 2.05) is 27.7 Å². The van der Waals surface area contributed by atoms with Gasteiger partial charge < -0.3 is 30.0 Å². The predicted molar refractivity (Wildman–Crippen MR) is 139 cm³/mol. The number of carboxylic acids is 1. The molecule has 12 nitrogen and oxygen atoms in total. The predicted octanol–water partition coefficient (Wildman–Crippen LogP) is 2.64. The van der Waals surface area contributed by atoms with Gasteiger partial charge in [0.15, 0.2) is 11.9 Å². The van der Waals surface area contributed by atoms with Crippen molar-refractivity contribution in [1.82, 2.24) is 10.6 Å². The molecule has 5 aliphatic rings. The maximum Gasteiger partial charge on any atom is 0.325 e. The fourth-order valence-corrected chi connectivity index (χ4v) is 6.76. The maximum absolute atomic E-state index is 12.8. The molecule has 226 valence electrons. The lowest BCUT2D eigenvalue weighted by Crippen LogP contribution is -2.70. The van der Waals surface area contributed by atoms with Crippen LogP contribution in [-0.2, 0) is 43.2 Å². The summed E-state index contributed by atoms with van der Waals surface area (Å²) in [5.74, 6) is -3.33. The number of carbonyl (C=O) groups is 4. The van der Waals surface area contributed by atoms with E-state index in [2.05, 4.69) is 17.6 Å². The second-order valence-electron chi connectivity index (χ2n) is 12.6. The topological polar surface area (TPSA) is 159 Å². The van der Waals surface area contributed by atoms with Gasteiger partial charge in [0.2, 0.25) is 23.9 Å². The number of nitrogens with one attached hydrogen (secondary N) is 2. The zero-order valence-corrected chi connectivity index (χ0v) is 24.3. The van der Waals surface area contributed by atoms with E-state index in [0.717, 1.165) is 19.3 Å².